The molecule has 6 rings (SSSR count). The highest BCUT2D eigenvalue weighted by Gasteiger charge is 2.67. The van der Waals surface area contributed by atoms with E-state index in [9.17, 15) is 14.4 Å². The molecule has 3 fully saturated rings. The number of ether oxygens (including phenoxy) is 1. The zero-order valence-electron chi connectivity index (χ0n) is 19.4. The third-order valence-corrected chi connectivity index (χ3v) is 11.1. The van der Waals surface area contributed by atoms with Crippen LogP contribution in [-0.2, 0) is 14.4 Å². The molecular formula is C28H24Br2N2O4. The van der Waals surface area contributed by atoms with Gasteiger partial charge >= 0.3 is 0 Å². The Balaban J connectivity index is 1.12. The van der Waals surface area contributed by atoms with Gasteiger partial charge in [0.05, 0.1) is 11.8 Å². The lowest BCUT2D eigenvalue weighted by atomic mass is 9.81. The minimum absolute atomic E-state index is 0.122. The first-order valence-corrected chi connectivity index (χ1v) is 13.9. The maximum Gasteiger partial charge on any atom is 0.247 e. The van der Waals surface area contributed by atoms with Crippen molar-refractivity contribution in [3.8, 4) is 11.5 Å². The lowest BCUT2D eigenvalue weighted by Gasteiger charge is -2.28. The standard InChI is InChI=1S/C28H24Br2N2O4/c1-14(32-27(34)22-20-13-21(23(22)28(32)35)25(30)24(20)29)26(33)31-17-7-10-18(11-8-17)36-19-9-6-15-4-2-3-5-16(15)12-19/h2-12,14,20-25H,13H2,1H3,(H,31,33)/t14-,20-,21-,22-,23-,24-,25+/m1/s1. The molecule has 2 saturated carbocycles. The summed E-state index contributed by atoms with van der Waals surface area (Å²) in [5.41, 5.74) is 0.568. The van der Waals surface area contributed by atoms with E-state index in [0.717, 1.165) is 22.9 Å². The van der Waals surface area contributed by atoms with Gasteiger partial charge in [0, 0.05) is 15.3 Å². The van der Waals surface area contributed by atoms with Crippen LogP contribution < -0.4 is 10.1 Å². The highest BCUT2D eigenvalue weighted by atomic mass is 79.9. The minimum atomic E-state index is -0.883. The van der Waals surface area contributed by atoms with Crippen molar-refractivity contribution in [1.82, 2.24) is 4.90 Å². The number of nitrogens with one attached hydrogen (secondary N) is 1. The number of likely N-dealkylation sites (tertiary alicyclic amines) is 1. The molecule has 184 valence electrons. The first-order chi connectivity index (χ1) is 17.3. The fourth-order valence-electron chi connectivity index (χ4n) is 6.09. The highest BCUT2D eigenvalue weighted by molar-refractivity contribution is 9.12. The summed E-state index contributed by atoms with van der Waals surface area (Å²) in [6.45, 7) is 1.61. The van der Waals surface area contributed by atoms with E-state index in [2.05, 4.69) is 37.2 Å². The van der Waals surface area contributed by atoms with Crippen LogP contribution in [0.1, 0.15) is 13.3 Å². The topological polar surface area (TPSA) is 75.7 Å². The molecule has 0 radical (unpaired) electrons. The fraction of sp³-hybridized carbons (Fsp3) is 0.321. The third kappa shape index (κ3) is 3.77. The van der Waals surface area contributed by atoms with E-state index in [4.69, 9.17) is 4.74 Å². The Morgan fingerprint density at radius 3 is 2.11 bits per heavy atom. The highest BCUT2D eigenvalue weighted by Crippen LogP contribution is 2.60. The molecule has 3 aromatic rings. The Morgan fingerprint density at radius 2 is 1.47 bits per heavy atom. The summed E-state index contributed by atoms with van der Waals surface area (Å²) >= 11 is 7.39. The van der Waals surface area contributed by atoms with E-state index in [-0.39, 0.29) is 45.1 Å². The number of imide groups is 1. The second kappa shape index (κ2) is 8.99. The van der Waals surface area contributed by atoms with E-state index in [1.54, 1.807) is 31.2 Å². The van der Waals surface area contributed by atoms with Gasteiger partial charge in [0.15, 0.2) is 0 Å². The van der Waals surface area contributed by atoms with Crippen LogP contribution in [0, 0.1) is 23.7 Å². The zero-order valence-corrected chi connectivity index (χ0v) is 22.6. The number of hydrogen-bond donors (Lipinski definition) is 1. The number of nitrogens with zero attached hydrogens (tertiary/aromatic N) is 1. The molecule has 8 heteroatoms. The average molecular weight is 612 g/mol. The Kier molecular flexibility index (Phi) is 5.91. The van der Waals surface area contributed by atoms with Gasteiger partial charge in [-0.25, -0.2) is 0 Å². The lowest BCUT2D eigenvalue weighted by Crippen LogP contribution is -2.46. The van der Waals surface area contributed by atoms with Crippen molar-refractivity contribution in [2.75, 3.05) is 5.32 Å². The number of carbonyl (C=O) groups excluding carboxylic acids is 3. The molecule has 3 aromatic carbocycles. The molecule has 0 aromatic heterocycles. The smallest absolute Gasteiger partial charge is 0.247 e. The van der Waals surface area contributed by atoms with Crippen LogP contribution in [0.3, 0.4) is 0 Å². The van der Waals surface area contributed by atoms with Crippen LogP contribution >= 0.6 is 31.9 Å². The molecule has 1 saturated heterocycles. The van der Waals surface area contributed by atoms with Crippen molar-refractivity contribution in [3.63, 3.8) is 0 Å². The summed E-state index contributed by atoms with van der Waals surface area (Å²) in [6, 6.07) is 20.1. The maximum atomic E-state index is 13.2. The van der Waals surface area contributed by atoms with Crippen LogP contribution in [-0.4, -0.2) is 38.3 Å². The maximum absolute atomic E-state index is 13.2. The normalized spacial score (nSPS) is 29.5. The predicted molar refractivity (Wildman–Crippen MR) is 144 cm³/mol. The fourth-order valence-corrected chi connectivity index (χ4v) is 7.96. The average Bonchev–Trinajstić information content (AvgIpc) is 3.49. The van der Waals surface area contributed by atoms with Crippen LogP contribution in [0.4, 0.5) is 5.69 Å². The number of halogens is 2. The summed E-state index contributed by atoms with van der Waals surface area (Å²) in [5.74, 6) is 0.112. The molecule has 1 heterocycles. The van der Waals surface area contributed by atoms with E-state index < -0.39 is 11.9 Å². The number of fused-ring (bicyclic) bond motifs is 6. The Labute approximate surface area is 225 Å². The van der Waals surface area contributed by atoms with Crippen molar-refractivity contribution >= 4 is 66.0 Å². The summed E-state index contributed by atoms with van der Waals surface area (Å²) in [4.78, 5) is 41.0. The molecule has 2 aliphatic carbocycles. The largest absolute Gasteiger partial charge is 0.457 e. The monoisotopic (exact) mass is 610 g/mol. The zero-order chi connectivity index (χ0) is 25.1. The summed E-state index contributed by atoms with van der Waals surface area (Å²) in [6.07, 6.45) is 0.862. The Hall–Kier alpha value is -2.71. The number of hydrogen-bond acceptors (Lipinski definition) is 4. The van der Waals surface area contributed by atoms with Crippen molar-refractivity contribution < 1.29 is 19.1 Å². The number of alkyl halides is 2. The van der Waals surface area contributed by atoms with Crippen molar-refractivity contribution in [2.45, 2.75) is 29.0 Å². The van der Waals surface area contributed by atoms with Crippen molar-refractivity contribution in [2.24, 2.45) is 23.7 Å². The SMILES string of the molecule is C[C@H](C(=O)Nc1ccc(Oc2ccc3ccccc3c2)cc1)N1C(=O)[C@@H]2[C@H]3C[C@@H]([C@@H](Br)[C@H]3Br)[C@H]2C1=O. The van der Waals surface area contributed by atoms with Gasteiger partial charge in [-0.05, 0) is 72.4 Å². The van der Waals surface area contributed by atoms with Gasteiger partial charge in [0.2, 0.25) is 17.7 Å². The van der Waals surface area contributed by atoms with Gasteiger partial charge < -0.3 is 10.1 Å². The Bertz CT molecular complexity index is 1350. The number of carbonyl (C=O) groups is 3. The molecule has 1 aliphatic heterocycles. The molecule has 3 amide bonds. The molecule has 36 heavy (non-hydrogen) atoms. The summed E-state index contributed by atoms with van der Waals surface area (Å²) in [5, 5.41) is 5.07. The van der Waals surface area contributed by atoms with Crippen LogP contribution in [0.2, 0.25) is 0 Å². The number of anilines is 1. The van der Waals surface area contributed by atoms with Crippen molar-refractivity contribution in [1.29, 1.82) is 0 Å². The molecular weight excluding hydrogens is 588 g/mol. The van der Waals surface area contributed by atoms with Crippen LogP contribution in [0.5, 0.6) is 11.5 Å². The summed E-state index contributed by atoms with van der Waals surface area (Å²) in [7, 11) is 0. The molecule has 0 unspecified atom stereocenters. The molecule has 6 nitrogen and oxygen atoms in total. The molecule has 7 atom stereocenters. The molecule has 2 bridgehead atoms. The van der Waals surface area contributed by atoms with Gasteiger partial charge in [-0.3, -0.25) is 19.3 Å². The summed E-state index contributed by atoms with van der Waals surface area (Å²) < 4.78 is 5.97. The van der Waals surface area contributed by atoms with Crippen LogP contribution in [0.25, 0.3) is 10.8 Å². The van der Waals surface area contributed by atoms with E-state index in [1.807, 2.05) is 42.5 Å². The van der Waals surface area contributed by atoms with Crippen molar-refractivity contribution in [3.05, 3.63) is 66.7 Å². The third-order valence-electron chi connectivity index (χ3n) is 7.87. The number of amides is 3. The first-order valence-electron chi connectivity index (χ1n) is 12.1. The number of benzene rings is 3. The van der Waals surface area contributed by atoms with Gasteiger partial charge in [-0.15, -0.1) is 0 Å². The van der Waals surface area contributed by atoms with Gasteiger partial charge in [-0.1, -0.05) is 62.2 Å². The minimum Gasteiger partial charge on any atom is -0.457 e. The van der Waals surface area contributed by atoms with Gasteiger partial charge in [0.25, 0.3) is 0 Å². The first kappa shape index (κ1) is 23.7. The molecule has 3 aliphatic rings. The quantitative estimate of drug-likeness (QED) is 0.295. The van der Waals surface area contributed by atoms with E-state index in [0.29, 0.717) is 11.4 Å². The molecule has 1 N–H and O–H groups in total. The second-order valence-corrected chi connectivity index (χ2v) is 12.0. The van der Waals surface area contributed by atoms with E-state index in [1.165, 1.54) is 4.90 Å². The lowest BCUT2D eigenvalue weighted by molar-refractivity contribution is -0.146. The van der Waals surface area contributed by atoms with Gasteiger partial charge in [-0.2, -0.15) is 0 Å². The number of rotatable bonds is 5. The molecule has 0 spiro atoms. The second-order valence-electron chi connectivity index (χ2n) is 9.85. The van der Waals surface area contributed by atoms with Crippen LogP contribution in [0.15, 0.2) is 66.7 Å². The van der Waals surface area contributed by atoms with Gasteiger partial charge in [0.1, 0.15) is 17.5 Å². The Morgan fingerprint density at radius 1 is 0.889 bits per heavy atom. The van der Waals surface area contributed by atoms with E-state index >= 15 is 0 Å². The predicted octanol–water partition coefficient (Wildman–Crippen LogP) is 5.74.